The Morgan fingerprint density at radius 2 is 1.80 bits per heavy atom. The number of benzene rings is 2. The van der Waals surface area contributed by atoms with E-state index in [1.807, 2.05) is 19.0 Å². The SMILES string of the molecule is COc1ccc(Cl)c(/C(O)=C2\C(=O)C(=O)N(CCN(C)C)C2c2ccc(Cl)cc2)c1. The maximum atomic E-state index is 13.0. The number of rotatable bonds is 6. The molecule has 3 rings (SSSR count). The highest BCUT2D eigenvalue weighted by atomic mass is 35.5. The molecular formula is C22H22Cl2N2O4. The van der Waals surface area contributed by atoms with Crippen molar-refractivity contribution in [2.45, 2.75) is 6.04 Å². The second kappa shape index (κ2) is 9.08. The van der Waals surface area contributed by atoms with Gasteiger partial charge in [0.25, 0.3) is 11.7 Å². The maximum Gasteiger partial charge on any atom is 0.295 e. The highest BCUT2D eigenvalue weighted by Crippen LogP contribution is 2.41. The van der Waals surface area contributed by atoms with E-state index >= 15 is 0 Å². The smallest absolute Gasteiger partial charge is 0.295 e. The highest BCUT2D eigenvalue weighted by molar-refractivity contribution is 6.47. The lowest BCUT2D eigenvalue weighted by atomic mass is 9.95. The Labute approximate surface area is 185 Å². The van der Waals surface area contributed by atoms with Crippen molar-refractivity contribution >= 4 is 40.7 Å². The number of ether oxygens (including phenoxy) is 1. The lowest BCUT2D eigenvalue weighted by Crippen LogP contribution is -2.35. The quantitative estimate of drug-likeness (QED) is 0.411. The molecule has 1 saturated heterocycles. The van der Waals surface area contributed by atoms with Crippen molar-refractivity contribution < 1.29 is 19.4 Å². The zero-order valence-corrected chi connectivity index (χ0v) is 18.4. The van der Waals surface area contributed by atoms with Crippen molar-refractivity contribution in [1.82, 2.24) is 9.80 Å². The van der Waals surface area contributed by atoms with Gasteiger partial charge in [-0.15, -0.1) is 0 Å². The second-order valence-corrected chi connectivity index (χ2v) is 8.04. The number of aliphatic hydroxyl groups excluding tert-OH is 1. The summed E-state index contributed by atoms with van der Waals surface area (Å²) >= 11 is 12.3. The molecule has 0 saturated carbocycles. The van der Waals surface area contributed by atoms with Crippen LogP contribution in [0, 0.1) is 0 Å². The molecule has 0 aromatic heterocycles. The predicted molar refractivity (Wildman–Crippen MR) is 117 cm³/mol. The fourth-order valence-corrected chi connectivity index (χ4v) is 3.70. The lowest BCUT2D eigenvalue weighted by Gasteiger charge is -2.26. The molecule has 2 aromatic rings. The van der Waals surface area contributed by atoms with E-state index in [2.05, 4.69) is 0 Å². The van der Waals surface area contributed by atoms with Crippen LogP contribution in [0.15, 0.2) is 48.0 Å². The number of methoxy groups -OCH3 is 1. The van der Waals surface area contributed by atoms with Gasteiger partial charge in [-0.1, -0.05) is 35.3 Å². The summed E-state index contributed by atoms with van der Waals surface area (Å²) in [6, 6.07) is 10.8. The zero-order valence-electron chi connectivity index (χ0n) is 16.9. The van der Waals surface area contributed by atoms with Crippen LogP contribution in [0.4, 0.5) is 0 Å². The number of likely N-dealkylation sites (tertiary alicyclic amines) is 1. The summed E-state index contributed by atoms with van der Waals surface area (Å²) in [6.45, 7) is 0.866. The van der Waals surface area contributed by atoms with E-state index in [1.165, 1.54) is 18.1 Å². The minimum Gasteiger partial charge on any atom is -0.507 e. The Kier molecular flexibility index (Phi) is 6.71. The molecule has 8 heteroatoms. The maximum absolute atomic E-state index is 13.0. The number of amides is 1. The van der Waals surface area contributed by atoms with E-state index in [0.29, 0.717) is 29.4 Å². The van der Waals surface area contributed by atoms with Crippen molar-refractivity contribution in [3.05, 3.63) is 69.2 Å². The molecule has 0 spiro atoms. The van der Waals surface area contributed by atoms with Crippen LogP contribution in [0.2, 0.25) is 10.0 Å². The first-order valence-electron chi connectivity index (χ1n) is 9.27. The molecule has 1 aliphatic heterocycles. The fourth-order valence-electron chi connectivity index (χ4n) is 3.37. The van der Waals surface area contributed by atoms with E-state index < -0.39 is 17.7 Å². The third-order valence-corrected chi connectivity index (χ3v) is 5.52. The molecule has 1 unspecified atom stereocenters. The van der Waals surface area contributed by atoms with Gasteiger partial charge in [0.15, 0.2) is 0 Å². The topological polar surface area (TPSA) is 70.1 Å². The van der Waals surface area contributed by atoms with Gasteiger partial charge in [-0.25, -0.2) is 0 Å². The van der Waals surface area contributed by atoms with Gasteiger partial charge in [-0.3, -0.25) is 9.59 Å². The number of hydrogen-bond donors (Lipinski definition) is 1. The summed E-state index contributed by atoms with van der Waals surface area (Å²) in [5.74, 6) is -1.31. The number of ketones is 1. The van der Waals surface area contributed by atoms with Gasteiger partial charge in [0.2, 0.25) is 0 Å². The van der Waals surface area contributed by atoms with E-state index in [4.69, 9.17) is 27.9 Å². The number of likely N-dealkylation sites (N-methyl/N-ethyl adjacent to an activating group) is 1. The predicted octanol–water partition coefficient (Wildman–Crippen LogP) is 3.99. The Morgan fingerprint density at radius 1 is 1.13 bits per heavy atom. The van der Waals surface area contributed by atoms with Gasteiger partial charge in [0.1, 0.15) is 11.5 Å². The van der Waals surface area contributed by atoms with Crippen LogP contribution < -0.4 is 4.74 Å². The van der Waals surface area contributed by atoms with E-state index in [-0.39, 0.29) is 21.9 Å². The number of halogens is 2. The summed E-state index contributed by atoms with van der Waals surface area (Å²) in [5, 5.41) is 11.9. The monoisotopic (exact) mass is 448 g/mol. The summed E-state index contributed by atoms with van der Waals surface area (Å²) in [6.07, 6.45) is 0. The summed E-state index contributed by atoms with van der Waals surface area (Å²) in [5.41, 5.74) is 0.870. The first-order chi connectivity index (χ1) is 14.2. The summed E-state index contributed by atoms with van der Waals surface area (Å²) in [7, 11) is 5.24. The van der Waals surface area contributed by atoms with Crippen LogP contribution in [-0.4, -0.2) is 60.9 Å². The molecule has 30 heavy (non-hydrogen) atoms. The number of Topliss-reactive ketones (excluding diaryl/α,β-unsaturated/α-hetero) is 1. The Hall–Kier alpha value is -2.54. The van der Waals surface area contributed by atoms with E-state index in [0.717, 1.165) is 0 Å². The number of carbonyl (C=O) groups excluding carboxylic acids is 2. The second-order valence-electron chi connectivity index (χ2n) is 7.19. The van der Waals surface area contributed by atoms with Crippen molar-refractivity contribution in [2.75, 3.05) is 34.3 Å². The van der Waals surface area contributed by atoms with Crippen molar-refractivity contribution in [3.63, 3.8) is 0 Å². The Morgan fingerprint density at radius 3 is 2.40 bits per heavy atom. The fraction of sp³-hybridized carbons (Fsp3) is 0.273. The molecule has 1 N–H and O–H groups in total. The van der Waals surface area contributed by atoms with Crippen LogP contribution >= 0.6 is 23.2 Å². The molecule has 2 aromatic carbocycles. The van der Waals surface area contributed by atoms with Gasteiger partial charge in [0.05, 0.1) is 23.7 Å². The number of carbonyl (C=O) groups is 2. The molecule has 0 aliphatic carbocycles. The molecule has 158 valence electrons. The molecule has 1 fully saturated rings. The summed E-state index contributed by atoms with van der Waals surface area (Å²) < 4.78 is 5.21. The van der Waals surface area contributed by atoms with Crippen LogP contribution in [0.1, 0.15) is 17.2 Å². The molecule has 0 bridgehead atoms. The average molecular weight is 449 g/mol. The Bertz CT molecular complexity index is 1000. The minimum absolute atomic E-state index is 0.0174. The first kappa shape index (κ1) is 22.2. The Balaban J connectivity index is 2.19. The van der Waals surface area contributed by atoms with Crippen LogP contribution in [0.25, 0.3) is 5.76 Å². The first-order valence-corrected chi connectivity index (χ1v) is 10.0. The number of aliphatic hydroxyl groups is 1. The van der Waals surface area contributed by atoms with E-state index in [1.54, 1.807) is 36.4 Å². The van der Waals surface area contributed by atoms with Crippen LogP contribution in [-0.2, 0) is 9.59 Å². The molecule has 1 atom stereocenters. The molecule has 1 aliphatic rings. The molecular weight excluding hydrogens is 427 g/mol. The molecule has 0 radical (unpaired) electrons. The number of hydrogen-bond acceptors (Lipinski definition) is 5. The van der Waals surface area contributed by atoms with E-state index in [9.17, 15) is 14.7 Å². The molecule has 1 amide bonds. The van der Waals surface area contributed by atoms with Crippen LogP contribution in [0.5, 0.6) is 5.75 Å². The van der Waals surface area contributed by atoms with Crippen molar-refractivity contribution in [3.8, 4) is 5.75 Å². The van der Waals surface area contributed by atoms with Gasteiger partial charge >= 0.3 is 0 Å². The average Bonchev–Trinajstić information content (AvgIpc) is 2.97. The summed E-state index contributed by atoms with van der Waals surface area (Å²) in [4.78, 5) is 29.2. The molecule has 6 nitrogen and oxygen atoms in total. The highest BCUT2D eigenvalue weighted by Gasteiger charge is 2.46. The van der Waals surface area contributed by atoms with Gasteiger partial charge in [-0.2, -0.15) is 0 Å². The lowest BCUT2D eigenvalue weighted by molar-refractivity contribution is -0.140. The van der Waals surface area contributed by atoms with Crippen LogP contribution in [0.3, 0.4) is 0 Å². The zero-order chi connectivity index (χ0) is 22.0. The normalized spacial score (nSPS) is 18.3. The third kappa shape index (κ3) is 4.31. The van der Waals surface area contributed by atoms with Gasteiger partial charge < -0.3 is 19.6 Å². The van der Waals surface area contributed by atoms with Crippen molar-refractivity contribution in [1.29, 1.82) is 0 Å². The standard InChI is InChI=1S/C22H22Cl2N2O4/c1-25(2)10-11-26-19(13-4-6-14(23)7-5-13)18(21(28)22(26)29)20(27)16-12-15(30-3)8-9-17(16)24/h4-9,12,19,27H,10-11H2,1-3H3/b20-18+. The third-order valence-electron chi connectivity index (χ3n) is 4.94. The van der Waals surface area contributed by atoms with Crippen molar-refractivity contribution in [2.24, 2.45) is 0 Å². The largest absolute Gasteiger partial charge is 0.507 e. The van der Waals surface area contributed by atoms with Gasteiger partial charge in [-0.05, 0) is 50.0 Å². The molecule has 1 heterocycles. The minimum atomic E-state index is -0.760. The number of nitrogens with zero attached hydrogens (tertiary/aromatic N) is 2. The van der Waals surface area contributed by atoms with Gasteiger partial charge in [0, 0.05) is 23.7 Å².